The van der Waals surface area contributed by atoms with Crippen LogP contribution in [-0.4, -0.2) is 47.5 Å². The molecule has 164 valence electrons. The lowest BCUT2D eigenvalue weighted by Crippen LogP contribution is -2.41. The maximum atomic E-state index is 15.1. The summed E-state index contributed by atoms with van der Waals surface area (Å²) >= 11 is 0. The smallest absolute Gasteiger partial charge is 0.336 e. The summed E-state index contributed by atoms with van der Waals surface area (Å²) in [7, 11) is 1.17. The molecular formula is C19H23F3N4O4. The van der Waals surface area contributed by atoms with Gasteiger partial charge in [0.25, 0.3) is 5.56 Å². The Balaban J connectivity index is 1.96. The second kappa shape index (κ2) is 7.31. The highest BCUT2D eigenvalue weighted by Gasteiger charge is 2.50. The molecule has 0 radical (unpaired) electrons. The molecule has 2 atom stereocenters. The number of ether oxygens (including phenoxy) is 1. The number of hydrogen-bond acceptors (Lipinski definition) is 6. The van der Waals surface area contributed by atoms with E-state index >= 15 is 13.2 Å². The third-order valence-corrected chi connectivity index (χ3v) is 5.97. The first-order valence-corrected chi connectivity index (χ1v) is 9.77. The topological polar surface area (TPSA) is 114 Å². The molecule has 30 heavy (non-hydrogen) atoms. The molecule has 1 aromatic carbocycles. The minimum Gasteiger partial charge on any atom is -0.492 e. The van der Waals surface area contributed by atoms with Gasteiger partial charge < -0.3 is 20.5 Å². The van der Waals surface area contributed by atoms with Crippen molar-refractivity contribution in [2.75, 3.05) is 31.6 Å². The molecule has 8 nitrogen and oxygen atoms in total. The number of nitrogens with one attached hydrogen (secondary N) is 1. The molecule has 0 amide bonds. The van der Waals surface area contributed by atoms with Crippen LogP contribution in [0.3, 0.4) is 0 Å². The van der Waals surface area contributed by atoms with Gasteiger partial charge in [-0.3, -0.25) is 9.78 Å². The van der Waals surface area contributed by atoms with Crippen molar-refractivity contribution < 1.29 is 23.0 Å². The number of fused-ring (bicyclic) bond motifs is 1. The quantitative estimate of drug-likeness (QED) is 0.631. The molecule has 1 aliphatic heterocycles. The van der Waals surface area contributed by atoms with Gasteiger partial charge >= 0.3 is 11.7 Å². The van der Waals surface area contributed by atoms with Gasteiger partial charge in [0.2, 0.25) is 0 Å². The summed E-state index contributed by atoms with van der Waals surface area (Å²) in [5, 5.41) is 9.62. The monoisotopic (exact) mass is 428 g/mol. The van der Waals surface area contributed by atoms with E-state index in [1.807, 2.05) is 4.98 Å². The highest BCUT2D eigenvalue weighted by Crippen LogP contribution is 2.48. The van der Waals surface area contributed by atoms with Gasteiger partial charge in [0, 0.05) is 31.5 Å². The Morgan fingerprint density at radius 1 is 1.37 bits per heavy atom. The van der Waals surface area contributed by atoms with E-state index in [-0.39, 0.29) is 47.9 Å². The molecule has 2 aliphatic rings. The lowest BCUT2D eigenvalue weighted by Gasteiger charge is -2.26. The number of H-pyrrole nitrogens is 1. The van der Waals surface area contributed by atoms with Crippen LogP contribution in [0, 0.1) is 17.7 Å². The maximum absolute atomic E-state index is 15.1. The number of anilines is 1. The van der Waals surface area contributed by atoms with Crippen molar-refractivity contribution in [3.8, 4) is 5.75 Å². The number of aliphatic hydroxyl groups excluding tert-OH is 1. The van der Waals surface area contributed by atoms with Gasteiger partial charge in [-0.1, -0.05) is 0 Å². The van der Waals surface area contributed by atoms with Crippen LogP contribution in [0.1, 0.15) is 19.3 Å². The number of benzene rings is 1. The maximum Gasteiger partial charge on any atom is 0.336 e. The predicted molar refractivity (Wildman–Crippen MR) is 104 cm³/mol. The fourth-order valence-corrected chi connectivity index (χ4v) is 4.21. The van der Waals surface area contributed by atoms with Gasteiger partial charge in [-0.25, -0.2) is 13.8 Å². The molecule has 0 bridgehead atoms. The van der Waals surface area contributed by atoms with Crippen LogP contribution < -0.4 is 26.6 Å². The Morgan fingerprint density at radius 3 is 2.67 bits per heavy atom. The van der Waals surface area contributed by atoms with Gasteiger partial charge in [0.1, 0.15) is 11.2 Å². The molecule has 2 heterocycles. The summed E-state index contributed by atoms with van der Waals surface area (Å²) in [6.07, 6.45) is 0.201. The summed E-state index contributed by atoms with van der Waals surface area (Å²) < 4.78 is 50.7. The first-order valence-electron chi connectivity index (χ1n) is 9.77. The van der Waals surface area contributed by atoms with Crippen LogP contribution in [0.4, 0.5) is 18.9 Å². The number of nitrogens with two attached hydrogens (primary N) is 1. The zero-order chi connectivity index (χ0) is 21.8. The lowest BCUT2D eigenvalue weighted by molar-refractivity contribution is -0.103. The van der Waals surface area contributed by atoms with E-state index in [4.69, 9.17) is 10.5 Å². The number of aliphatic hydroxyl groups is 1. The van der Waals surface area contributed by atoms with E-state index in [1.54, 1.807) is 4.90 Å². The number of halogens is 3. The van der Waals surface area contributed by atoms with E-state index in [1.165, 1.54) is 7.11 Å². The second-order valence-electron chi connectivity index (χ2n) is 7.89. The van der Waals surface area contributed by atoms with Crippen molar-refractivity contribution in [2.24, 2.45) is 17.6 Å². The minimum atomic E-state index is -3.56. The van der Waals surface area contributed by atoms with Gasteiger partial charge in [-0.15, -0.1) is 0 Å². The van der Waals surface area contributed by atoms with Crippen LogP contribution in [0.2, 0.25) is 0 Å². The first-order chi connectivity index (χ1) is 14.2. The average Bonchev–Trinajstić information content (AvgIpc) is 3.46. The Kier molecular flexibility index (Phi) is 5.05. The van der Waals surface area contributed by atoms with Gasteiger partial charge in [0.15, 0.2) is 11.6 Å². The fraction of sp³-hybridized carbons (Fsp3) is 0.579. The van der Waals surface area contributed by atoms with E-state index in [2.05, 4.69) is 0 Å². The summed E-state index contributed by atoms with van der Waals surface area (Å²) in [5.74, 6) is -2.42. The molecule has 1 aromatic heterocycles. The zero-order valence-corrected chi connectivity index (χ0v) is 16.3. The number of alkyl halides is 2. The molecule has 11 heteroatoms. The van der Waals surface area contributed by atoms with Gasteiger partial charge in [-0.05, 0) is 25.3 Å². The van der Waals surface area contributed by atoms with Gasteiger partial charge in [0.05, 0.1) is 18.6 Å². The standard InChI is InChI=1S/C19H23F3N4O4/c1-30-16-14-11(17(28)24-18(29)26(14)19(21,22)10-2-3-10)6-12(20)15(16)25-5-4-9(8-25)13(27)7-23/h6,9-10,13,27H,2-5,7-8,23H2,1H3,(H,24,28,29). The van der Waals surface area contributed by atoms with Crippen LogP contribution in [-0.2, 0) is 6.05 Å². The second-order valence-corrected chi connectivity index (χ2v) is 7.89. The Morgan fingerprint density at radius 2 is 2.07 bits per heavy atom. The predicted octanol–water partition coefficient (Wildman–Crippen LogP) is 0.943. The van der Waals surface area contributed by atoms with Gasteiger partial charge in [-0.2, -0.15) is 8.78 Å². The normalized spacial score (nSPS) is 20.7. The molecular weight excluding hydrogens is 405 g/mol. The van der Waals surface area contributed by atoms with Crippen LogP contribution in [0.15, 0.2) is 15.7 Å². The van der Waals surface area contributed by atoms with E-state index in [0.29, 0.717) is 13.0 Å². The van der Waals surface area contributed by atoms with Crippen LogP contribution in [0.25, 0.3) is 10.9 Å². The molecule has 2 fully saturated rings. The van der Waals surface area contributed by atoms with Crippen molar-refractivity contribution in [3.63, 3.8) is 0 Å². The molecule has 0 spiro atoms. The number of methoxy groups -OCH3 is 1. The first kappa shape index (κ1) is 20.7. The number of nitrogens with zero attached hydrogens (tertiary/aromatic N) is 2. The molecule has 4 N–H and O–H groups in total. The number of aromatic amines is 1. The number of aromatic nitrogens is 2. The van der Waals surface area contributed by atoms with Crippen molar-refractivity contribution in [1.82, 2.24) is 9.55 Å². The molecule has 4 rings (SSSR count). The summed E-state index contributed by atoms with van der Waals surface area (Å²) in [4.78, 5) is 28.1. The largest absolute Gasteiger partial charge is 0.492 e. The van der Waals surface area contributed by atoms with E-state index in [0.717, 1.165) is 6.07 Å². The fourth-order valence-electron chi connectivity index (χ4n) is 4.21. The molecule has 1 aliphatic carbocycles. The third kappa shape index (κ3) is 3.16. The Bertz CT molecular complexity index is 1100. The van der Waals surface area contributed by atoms with Crippen LogP contribution >= 0.6 is 0 Å². The highest BCUT2D eigenvalue weighted by molar-refractivity contribution is 5.91. The lowest BCUT2D eigenvalue weighted by atomic mass is 10.0. The molecule has 2 unspecified atom stereocenters. The van der Waals surface area contributed by atoms with E-state index in [9.17, 15) is 14.7 Å². The highest BCUT2D eigenvalue weighted by atomic mass is 19.3. The van der Waals surface area contributed by atoms with Crippen molar-refractivity contribution in [2.45, 2.75) is 31.4 Å². The molecule has 2 aromatic rings. The zero-order valence-electron chi connectivity index (χ0n) is 16.3. The minimum absolute atomic E-state index is 0.0401. The van der Waals surface area contributed by atoms with Crippen molar-refractivity contribution in [1.29, 1.82) is 0 Å². The Labute approximate surface area is 169 Å². The summed E-state index contributed by atoms with van der Waals surface area (Å²) in [5.41, 5.74) is 2.69. The Hall–Kier alpha value is -2.53. The van der Waals surface area contributed by atoms with E-state index < -0.39 is 46.0 Å². The van der Waals surface area contributed by atoms with Crippen molar-refractivity contribution in [3.05, 3.63) is 32.7 Å². The molecule has 1 saturated heterocycles. The van der Waals surface area contributed by atoms with Crippen LogP contribution in [0.5, 0.6) is 5.75 Å². The average molecular weight is 428 g/mol. The summed E-state index contributed by atoms with van der Waals surface area (Å²) in [6.45, 7) is 0.592. The third-order valence-electron chi connectivity index (χ3n) is 5.97. The van der Waals surface area contributed by atoms with Crippen molar-refractivity contribution >= 4 is 16.6 Å². The SMILES string of the molecule is COc1c(N2CCC(C(O)CN)C2)c(F)cc2c(=O)[nH]c(=O)n(C(F)(F)C3CC3)c12. The molecule has 1 saturated carbocycles. The number of rotatable bonds is 6. The summed E-state index contributed by atoms with van der Waals surface area (Å²) in [6, 6.07) is -2.72. The number of hydrogen-bond donors (Lipinski definition) is 3.